The van der Waals surface area contributed by atoms with E-state index in [4.69, 9.17) is 4.74 Å². The summed E-state index contributed by atoms with van der Waals surface area (Å²) in [4.78, 5) is 26.9. The van der Waals surface area contributed by atoms with E-state index in [1.54, 1.807) is 0 Å². The number of rotatable bonds is 4. The summed E-state index contributed by atoms with van der Waals surface area (Å²) in [6, 6.07) is -0.712. The summed E-state index contributed by atoms with van der Waals surface area (Å²) < 4.78 is 5.44. The summed E-state index contributed by atoms with van der Waals surface area (Å²) in [5.74, 6) is 0.186. The van der Waals surface area contributed by atoms with Crippen molar-refractivity contribution in [2.45, 2.75) is 59.0 Å². The first-order valence-electron chi connectivity index (χ1n) is 8.06. The van der Waals surface area contributed by atoms with Crippen LogP contribution < -0.4 is 5.32 Å². The van der Waals surface area contributed by atoms with Crippen LogP contribution in [0, 0.1) is 11.3 Å². The molecular weight excluding hydrogens is 268 g/mol. The number of carbonyl (C=O) groups excluding carboxylic acids is 2. The SMILES string of the molecule is CCC1NC(=O)C(C(C)C)N(CC2(C)CCOCC2)C1=O. The highest BCUT2D eigenvalue weighted by molar-refractivity contribution is 5.97. The minimum absolute atomic E-state index is 0.00731. The van der Waals surface area contributed by atoms with Gasteiger partial charge in [0.1, 0.15) is 12.1 Å². The van der Waals surface area contributed by atoms with Gasteiger partial charge >= 0.3 is 0 Å². The lowest BCUT2D eigenvalue weighted by Crippen LogP contribution is -2.66. The first kappa shape index (κ1) is 16.3. The molecule has 0 saturated carbocycles. The average molecular weight is 296 g/mol. The van der Waals surface area contributed by atoms with Crippen LogP contribution in [0.1, 0.15) is 47.0 Å². The van der Waals surface area contributed by atoms with E-state index in [2.05, 4.69) is 12.2 Å². The zero-order valence-corrected chi connectivity index (χ0v) is 13.6. The monoisotopic (exact) mass is 296 g/mol. The lowest BCUT2D eigenvalue weighted by Gasteiger charge is -2.46. The molecule has 2 unspecified atom stereocenters. The molecule has 0 spiro atoms. The fraction of sp³-hybridized carbons (Fsp3) is 0.875. The smallest absolute Gasteiger partial charge is 0.245 e. The highest BCUT2D eigenvalue weighted by atomic mass is 16.5. The minimum atomic E-state index is -0.365. The van der Waals surface area contributed by atoms with E-state index in [0.29, 0.717) is 13.0 Å². The zero-order valence-electron chi connectivity index (χ0n) is 13.6. The van der Waals surface area contributed by atoms with Crippen LogP contribution in [0.25, 0.3) is 0 Å². The maximum Gasteiger partial charge on any atom is 0.245 e. The van der Waals surface area contributed by atoms with Crippen molar-refractivity contribution in [3.63, 3.8) is 0 Å². The number of nitrogens with zero attached hydrogens (tertiary/aromatic N) is 1. The molecule has 2 atom stereocenters. The van der Waals surface area contributed by atoms with Gasteiger partial charge in [-0.05, 0) is 30.6 Å². The standard InChI is InChI=1S/C16H28N2O3/c1-5-12-15(20)18(13(11(2)3)14(19)17-12)10-16(4)6-8-21-9-7-16/h11-13H,5-10H2,1-4H3,(H,17,19). The molecule has 2 rings (SSSR count). The second-order valence-electron chi connectivity index (χ2n) is 7.05. The van der Waals surface area contributed by atoms with Crippen molar-refractivity contribution in [1.29, 1.82) is 0 Å². The molecule has 2 amide bonds. The maximum absolute atomic E-state index is 12.7. The van der Waals surface area contributed by atoms with Crippen molar-refractivity contribution in [3.05, 3.63) is 0 Å². The normalized spacial score (nSPS) is 29.7. The van der Waals surface area contributed by atoms with Gasteiger partial charge in [0.15, 0.2) is 0 Å². The summed E-state index contributed by atoms with van der Waals surface area (Å²) in [6.07, 6.45) is 2.53. The Morgan fingerprint density at radius 1 is 1.33 bits per heavy atom. The molecule has 5 nitrogen and oxygen atoms in total. The van der Waals surface area contributed by atoms with Gasteiger partial charge in [-0.3, -0.25) is 9.59 Å². The van der Waals surface area contributed by atoms with Crippen molar-refractivity contribution in [3.8, 4) is 0 Å². The lowest BCUT2D eigenvalue weighted by molar-refractivity contribution is -0.154. The van der Waals surface area contributed by atoms with Crippen LogP contribution in [0.2, 0.25) is 0 Å². The van der Waals surface area contributed by atoms with E-state index < -0.39 is 0 Å². The summed E-state index contributed by atoms with van der Waals surface area (Å²) >= 11 is 0. The Balaban J connectivity index is 2.21. The van der Waals surface area contributed by atoms with Crippen molar-refractivity contribution < 1.29 is 14.3 Å². The molecule has 0 bridgehead atoms. The third-order valence-corrected chi connectivity index (χ3v) is 4.79. The third-order valence-electron chi connectivity index (χ3n) is 4.79. The minimum Gasteiger partial charge on any atom is -0.381 e. The molecule has 2 aliphatic rings. The molecule has 120 valence electrons. The van der Waals surface area contributed by atoms with Crippen molar-refractivity contribution in [2.24, 2.45) is 11.3 Å². The van der Waals surface area contributed by atoms with Gasteiger partial charge in [0.2, 0.25) is 11.8 Å². The molecule has 0 aliphatic carbocycles. The van der Waals surface area contributed by atoms with Crippen LogP contribution in [-0.2, 0) is 14.3 Å². The number of amides is 2. The number of piperazine rings is 1. The summed E-state index contributed by atoms with van der Waals surface area (Å²) in [5.41, 5.74) is 0.0525. The predicted octanol–water partition coefficient (Wildman–Crippen LogP) is 1.56. The van der Waals surface area contributed by atoms with Crippen LogP contribution in [0.5, 0.6) is 0 Å². The molecule has 0 radical (unpaired) electrons. The van der Waals surface area contributed by atoms with E-state index in [1.807, 2.05) is 25.7 Å². The van der Waals surface area contributed by atoms with Gasteiger partial charge in [0, 0.05) is 19.8 Å². The molecule has 5 heteroatoms. The Morgan fingerprint density at radius 3 is 2.48 bits per heavy atom. The predicted molar refractivity (Wildman–Crippen MR) is 80.7 cm³/mol. The van der Waals surface area contributed by atoms with Crippen LogP contribution in [0.4, 0.5) is 0 Å². The molecule has 2 fully saturated rings. The quantitative estimate of drug-likeness (QED) is 0.856. The second-order valence-corrected chi connectivity index (χ2v) is 7.05. The maximum atomic E-state index is 12.7. The number of ether oxygens (including phenoxy) is 1. The Hall–Kier alpha value is -1.10. The molecule has 0 aromatic carbocycles. The van der Waals surface area contributed by atoms with E-state index in [9.17, 15) is 9.59 Å². The van der Waals surface area contributed by atoms with Crippen LogP contribution in [0.15, 0.2) is 0 Å². The Bertz CT molecular complexity index is 402. The van der Waals surface area contributed by atoms with Crippen molar-refractivity contribution in [1.82, 2.24) is 10.2 Å². The van der Waals surface area contributed by atoms with Gasteiger partial charge in [-0.15, -0.1) is 0 Å². The van der Waals surface area contributed by atoms with E-state index in [-0.39, 0.29) is 35.2 Å². The van der Waals surface area contributed by atoms with E-state index in [0.717, 1.165) is 26.1 Å². The molecule has 21 heavy (non-hydrogen) atoms. The molecule has 0 aromatic rings. The van der Waals surface area contributed by atoms with E-state index in [1.165, 1.54) is 0 Å². The molecule has 0 aromatic heterocycles. The van der Waals surface area contributed by atoms with Gasteiger partial charge in [-0.25, -0.2) is 0 Å². The summed E-state index contributed by atoms with van der Waals surface area (Å²) in [5, 5.41) is 2.87. The summed E-state index contributed by atoms with van der Waals surface area (Å²) in [6.45, 7) is 10.3. The zero-order chi connectivity index (χ0) is 15.6. The highest BCUT2D eigenvalue weighted by Crippen LogP contribution is 2.33. The Morgan fingerprint density at radius 2 is 1.95 bits per heavy atom. The van der Waals surface area contributed by atoms with Gasteiger partial charge in [0.25, 0.3) is 0 Å². The van der Waals surface area contributed by atoms with Gasteiger partial charge in [-0.1, -0.05) is 27.7 Å². The van der Waals surface area contributed by atoms with Crippen LogP contribution >= 0.6 is 0 Å². The second kappa shape index (κ2) is 6.34. The molecular formula is C16H28N2O3. The van der Waals surface area contributed by atoms with Crippen LogP contribution in [0.3, 0.4) is 0 Å². The molecule has 2 aliphatic heterocycles. The largest absolute Gasteiger partial charge is 0.381 e. The Kier molecular flexibility index (Phi) is 4.91. The van der Waals surface area contributed by atoms with Gasteiger partial charge in [-0.2, -0.15) is 0 Å². The van der Waals surface area contributed by atoms with E-state index >= 15 is 0 Å². The third kappa shape index (κ3) is 3.39. The highest BCUT2D eigenvalue weighted by Gasteiger charge is 2.44. The number of hydrogen-bond donors (Lipinski definition) is 1. The number of carbonyl (C=O) groups is 2. The van der Waals surface area contributed by atoms with Crippen molar-refractivity contribution >= 4 is 11.8 Å². The first-order valence-corrected chi connectivity index (χ1v) is 8.06. The molecule has 2 saturated heterocycles. The topological polar surface area (TPSA) is 58.6 Å². The lowest BCUT2D eigenvalue weighted by atomic mass is 9.80. The van der Waals surface area contributed by atoms with Gasteiger partial charge in [0.05, 0.1) is 0 Å². The number of nitrogens with one attached hydrogen (secondary N) is 1. The fourth-order valence-corrected chi connectivity index (χ4v) is 3.35. The Labute approximate surface area is 127 Å². The number of hydrogen-bond acceptors (Lipinski definition) is 3. The van der Waals surface area contributed by atoms with Crippen LogP contribution in [-0.4, -0.2) is 48.6 Å². The summed E-state index contributed by atoms with van der Waals surface area (Å²) in [7, 11) is 0. The van der Waals surface area contributed by atoms with Crippen molar-refractivity contribution in [2.75, 3.05) is 19.8 Å². The van der Waals surface area contributed by atoms with Gasteiger partial charge < -0.3 is 15.0 Å². The first-order chi connectivity index (χ1) is 9.88. The fourth-order valence-electron chi connectivity index (χ4n) is 3.35. The average Bonchev–Trinajstić information content (AvgIpc) is 2.42. The molecule has 2 heterocycles. The molecule has 1 N–H and O–H groups in total.